The van der Waals surface area contributed by atoms with Gasteiger partial charge in [0.25, 0.3) is 0 Å². The smallest absolute Gasteiger partial charge is 0.313 e. The van der Waals surface area contributed by atoms with E-state index in [1.807, 2.05) is 25.1 Å². The normalized spacial score (nSPS) is 11.3. The lowest BCUT2D eigenvalue weighted by atomic mass is 10.0. The molecule has 1 atom stereocenters. The number of carbonyl (C=O) groups excluding carboxylic acids is 3. The van der Waals surface area contributed by atoms with Gasteiger partial charge in [0, 0.05) is 5.69 Å². The van der Waals surface area contributed by atoms with Crippen molar-refractivity contribution in [3.63, 3.8) is 0 Å². The number of esters is 1. The molecule has 2 aromatic carbocycles. The highest BCUT2D eigenvalue weighted by Gasteiger charge is 2.23. The van der Waals surface area contributed by atoms with Crippen molar-refractivity contribution in [2.45, 2.75) is 19.4 Å². The van der Waals surface area contributed by atoms with Crippen molar-refractivity contribution in [2.75, 3.05) is 12.4 Å². The first-order chi connectivity index (χ1) is 12.0. The van der Waals surface area contributed by atoms with Crippen LogP contribution in [-0.4, -0.2) is 24.9 Å². The van der Waals surface area contributed by atoms with Crippen LogP contribution in [0, 0.1) is 6.92 Å². The largest absolute Gasteiger partial charge is 0.469 e. The van der Waals surface area contributed by atoms with E-state index in [1.165, 1.54) is 7.11 Å². The monoisotopic (exact) mass is 340 g/mol. The lowest BCUT2D eigenvalue weighted by Crippen LogP contribution is -2.38. The minimum absolute atomic E-state index is 0.0656. The molecule has 2 N–H and O–H groups in total. The molecule has 2 aromatic rings. The Morgan fingerprint density at radius 1 is 0.960 bits per heavy atom. The fraction of sp³-hybridized carbons (Fsp3) is 0.211. The Kier molecular flexibility index (Phi) is 6.28. The molecule has 2 rings (SSSR count). The third-order valence-corrected chi connectivity index (χ3v) is 3.71. The second kappa shape index (κ2) is 8.63. The van der Waals surface area contributed by atoms with E-state index in [-0.39, 0.29) is 6.42 Å². The van der Waals surface area contributed by atoms with Crippen molar-refractivity contribution >= 4 is 23.5 Å². The maximum Gasteiger partial charge on any atom is 0.313 e. The first-order valence-corrected chi connectivity index (χ1v) is 7.80. The zero-order chi connectivity index (χ0) is 18.2. The third-order valence-electron chi connectivity index (χ3n) is 3.71. The van der Waals surface area contributed by atoms with Crippen LogP contribution in [0.1, 0.15) is 23.6 Å². The van der Waals surface area contributed by atoms with Crippen LogP contribution in [0.4, 0.5) is 5.69 Å². The van der Waals surface area contributed by atoms with Gasteiger partial charge in [0.05, 0.1) is 19.6 Å². The molecule has 0 bridgehead atoms. The van der Waals surface area contributed by atoms with Gasteiger partial charge in [-0.1, -0.05) is 48.5 Å². The van der Waals surface area contributed by atoms with E-state index < -0.39 is 23.8 Å². The van der Waals surface area contributed by atoms with Gasteiger partial charge in [-0.3, -0.25) is 14.4 Å². The summed E-state index contributed by atoms with van der Waals surface area (Å²) in [5.74, 6) is -2.09. The maximum atomic E-state index is 12.2. The molecule has 6 heteroatoms. The minimum Gasteiger partial charge on any atom is -0.469 e. The number of benzene rings is 2. The van der Waals surface area contributed by atoms with Gasteiger partial charge in [-0.2, -0.15) is 0 Å². The molecule has 0 saturated heterocycles. The Labute approximate surface area is 146 Å². The zero-order valence-corrected chi connectivity index (χ0v) is 14.1. The number of rotatable bonds is 5. The van der Waals surface area contributed by atoms with Crippen LogP contribution in [0.5, 0.6) is 0 Å². The average molecular weight is 340 g/mol. The molecular formula is C19H20N2O4. The number of hydrogen-bond acceptors (Lipinski definition) is 4. The Morgan fingerprint density at radius 3 is 2.24 bits per heavy atom. The first-order valence-electron chi connectivity index (χ1n) is 7.80. The van der Waals surface area contributed by atoms with Crippen molar-refractivity contribution in [3.8, 4) is 0 Å². The number of para-hydroxylation sites is 1. The van der Waals surface area contributed by atoms with Crippen molar-refractivity contribution in [2.24, 2.45) is 0 Å². The quantitative estimate of drug-likeness (QED) is 0.646. The van der Waals surface area contributed by atoms with Gasteiger partial charge >= 0.3 is 17.8 Å². The van der Waals surface area contributed by atoms with E-state index in [4.69, 9.17) is 0 Å². The predicted octanol–water partition coefficient (Wildman–Crippen LogP) is 2.35. The van der Waals surface area contributed by atoms with Gasteiger partial charge in [0.15, 0.2) is 0 Å². The van der Waals surface area contributed by atoms with Crippen molar-refractivity contribution in [1.29, 1.82) is 0 Å². The topological polar surface area (TPSA) is 84.5 Å². The van der Waals surface area contributed by atoms with E-state index in [1.54, 1.807) is 36.4 Å². The van der Waals surface area contributed by atoms with Crippen LogP contribution in [0.3, 0.4) is 0 Å². The Balaban J connectivity index is 2.09. The Bertz CT molecular complexity index is 759. The number of carbonyl (C=O) groups is 3. The van der Waals surface area contributed by atoms with Gasteiger partial charge in [-0.05, 0) is 24.1 Å². The van der Waals surface area contributed by atoms with Crippen LogP contribution in [0.2, 0.25) is 0 Å². The van der Waals surface area contributed by atoms with E-state index in [2.05, 4.69) is 15.4 Å². The van der Waals surface area contributed by atoms with Gasteiger partial charge in [0.1, 0.15) is 0 Å². The molecule has 25 heavy (non-hydrogen) atoms. The van der Waals surface area contributed by atoms with Crippen LogP contribution >= 0.6 is 0 Å². The molecular weight excluding hydrogens is 320 g/mol. The fourth-order valence-corrected chi connectivity index (χ4v) is 2.30. The van der Waals surface area contributed by atoms with Crippen LogP contribution in [0.15, 0.2) is 54.6 Å². The lowest BCUT2D eigenvalue weighted by Gasteiger charge is -2.18. The molecule has 6 nitrogen and oxygen atoms in total. The molecule has 130 valence electrons. The second-order valence-electron chi connectivity index (χ2n) is 5.49. The molecule has 0 aliphatic rings. The molecule has 0 heterocycles. The molecule has 0 aliphatic heterocycles. The SMILES string of the molecule is COC(=O)C[C@H](NC(=O)C(=O)Nc1ccccc1C)c1ccccc1. The highest BCUT2D eigenvalue weighted by molar-refractivity contribution is 6.39. The number of hydrogen-bond donors (Lipinski definition) is 2. The van der Waals surface area contributed by atoms with Crippen LogP contribution < -0.4 is 10.6 Å². The highest BCUT2D eigenvalue weighted by Crippen LogP contribution is 2.17. The number of amides is 2. The van der Waals surface area contributed by atoms with E-state index in [9.17, 15) is 14.4 Å². The summed E-state index contributed by atoms with van der Waals surface area (Å²) in [7, 11) is 1.27. The number of methoxy groups -OCH3 is 1. The predicted molar refractivity (Wildman–Crippen MR) is 93.8 cm³/mol. The summed E-state index contributed by atoms with van der Waals surface area (Å²) in [6.07, 6.45) is -0.0656. The molecule has 0 aliphatic carbocycles. The Morgan fingerprint density at radius 2 is 1.60 bits per heavy atom. The van der Waals surface area contributed by atoms with Gasteiger partial charge in [-0.25, -0.2) is 0 Å². The van der Waals surface area contributed by atoms with Gasteiger partial charge < -0.3 is 15.4 Å². The maximum absolute atomic E-state index is 12.2. The summed E-state index contributed by atoms with van der Waals surface area (Å²) < 4.78 is 4.66. The van der Waals surface area contributed by atoms with Crippen molar-refractivity contribution in [1.82, 2.24) is 5.32 Å². The van der Waals surface area contributed by atoms with E-state index >= 15 is 0 Å². The summed E-state index contributed by atoms with van der Waals surface area (Å²) in [4.78, 5) is 36.0. The standard InChI is InChI=1S/C19H20N2O4/c1-13-8-6-7-11-15(13)20-18(23)19(24)21-16(12-17(22)25-2)14-9-4-3-5-10-14/h3-11,16H,12H2,1-2H3,(H,20,23)(H,21,24)/t16-/m0/s1. The van der Waals surface area contributed by atoms with E-state index in [0.29, 0.717) is 11.3 Å². The summed E-state index contributed by atoms with van der Waals surface area (Å²) >= 11 is 0. The number of anilines is 1. The third kappa shape index (κ3) is 5.17. The number of nitrogens with one attached hydrogen (secondary N) is 2. The summed E-state index contributed by atoms with van der Waals surface area (Å²) in [5, 5.41) is 5.15. The molecule has 0 aromatic heterocycles. The number of aryl methyl sites for hydroxylation is 1. The lowest BCUT2D eigenvalue weighted by molar-refractivity contribution is -0.142. The van der Waals surface area contributed by atoms with E-state index in [0.717, 1.165) is 5.56 Å². The summed E-state index contributed by atoms with van der Waals surface area (Å²) in [6, 6.07) is 15.5. The molecule has 0 fully saturated rings. The zero-order valence-electron chi connectivity index (χ0n) is 14.1. The minimum atomic E-state index is -0.819. The number of ether oxygens (including phenoxy) is 1. The second-order valence-corrected chi connectivity index (χ2v) is 5.49. The van der Waals surface area contributed by atoms with Crippen molar-refractivity contribution in [3.05, 3.63) is 65.7 Å². The van der Waals surface area contributed by atoms with Crippen LogP contribution in [-0.2, 0) is 19.1 Å². The summed E-state index contributed by atoms with van der Waals surface area (Å²) in [6.45, 7) is 1.83. The van der Waals surface area contributed by atoms with Gasteiger partial charge in [0.2, 0.25) is 0 Å². The summed E-state index contributed by atoms with van der Waals surface area (Å²) in [5.41, 5.74) is 2.12. The molecule has 0 saturated carbocycles. The Hall–Kier alpha value is -3.15. The van der Waals surface area contributed by atoms with Gasteiger partial charge in [-0.15, -0.1) is 0 Å². The molecule has 0 radical (unpaired) electrons. The average Bonchev–Trinajstić information content (AvgIpc) is 2.63. The molecule has 2 amide bonds. The highest BCUT2D eigenvalue weighted by atomic mass is 16.5. The van der Waals surface area contributed by atoms with Crippen molar-refractivity contribution < 1.29 is 19.1 Å². The molecule has 0 unspecified atom stereocenters. The first kappa shape index (κ1) is 18.2. The van der Waals surface area contributed by atoms with Crippen LogP contribution in [0.25, 0.3) is 0 Å². The fourth-order valence-electron chi connectivity index (χ4n) is 2.30. The molecule has 0 spiro atoms.